The van der Waals surface area contributed by atoms with Crippen LogP contribution in [0.15, 0.2) is 48.7 Å². The van der Waals surface area contributed by atoms with Crippen molar-refractivity contribution < 1.29 is 9.53 Å². The fourth-order valence-electron chi connectivity index (χ4n) is 2.68. The van der Waals surface area contributed by atoms with Crippen molar-refractivity contribution in [1.82, 2.24) is 9.78 Å². The normalized spacial score (nSPS) is 16.7. The zero-order chi connectivity index (χ0) is 14.4. The number of fused-ring (bicyclic) bond motifs is 2. The molecular weight excluding hydrogens is 266 g/mol. The van der Waals surface area contributed by atoms with Gasteiger partial charge in [0.05, 0.1) is 11.7 Å². The number of carbonyl (C=O) groups is 1. The number of nitrogen functional groups attached to an aromatic ring is 1. The smallest absolute Gasteiger partial charge is 0.288 e. The molecule has 0 amide bonds. The molecule has 0 saturated carbocycles. The van der Waals surface area contributed by atoms with Gasteiger partial charge in [-0.25, -0.2) is 0 Å². The molecule has 2 heterocycles. The standard InChI is InChI=1S/C16H13N3O2/c17-12-5-6-13-11(7-12)9-18-19(13)16(20)15-8-10-3-1-2-4-14(10)21-15/h1-7,9,15H,8,17H2. The van der Waals surface area contributed by atoms with Crippen LogP contribution in [0.3, 0.4) is 0 Å². The van der Waals surface area contributed by atoms with Gasteiger partial charge in [0.1, 0.15) is 5.75 Å². The van der Waals surface area contributed by atoms with Gasteiger partial charge in [0.15, 0.2) is 6.10 Å². The highest BCUT2D eigenvalue weighted by molar-refractivity contribution is 5.94. The topological polar surface area (TPSA) is 70.1 Å². The van der Waals surface area contributed by atoms with Gasteiger partial charge in [-0.05, 0) is 29.8 Å². The molecule has 0 saturated heterocycles. The summed E-state index contributed by atoms with van der Waals surface area (Å²) in [5, 5.41) is 5.02. The zero-order valence-corrected chi connectivity index (χ0v) is 11.2. The fourth-order valence-corrected chi connectivity index (χ4v) is 2.68. The molecule has 5 nitrogen and oxygen atoms in total. The molecular formula is C16H13N3O2. The van der Waals surface area contributed by atoms with Crippen molar-refractivity contribution in [3.05, 3.63) is 54.2 Å². The lowest BCUT2D eigenvalue weighted by atomic mass is 10.1. The van der Waals surface area contributed by atoms with Crippen LogP contribution in [0.5, 0.6) is 5.75 Å². The third-order valence-electron chi connectivity index (χ3n) is 3.72. The molecule has 0 spiro atoms. The number of ether oxygens (including phenoxy) is 1. The van der Waals surface area contributed by atoms with Gasteiger partial charge in [-0.3, -0.25) is 4.79 Å². The lowest BCUT2D eigenvalue weighted by Crippen LogP contribution is -2.31. The van der Waals surface area contributed by atoms with Crippen LogP contribution in [-0.2, 0) is 6.42 Å². The van der Waals surface area contributed by atoms with Crippen LogP contribution in [0.2, 0.25) is 0 Å². The minimum Gasteiger partial charge on any atom is -0.480 e. The lowest BCUT2D eigenvalue weighted by molar-refractivity contribution is 0.0723. The van der Waals surface area contributed by atoms with E-state index in [1.807, 2.05) is 24.3 Å². The van der Waals surface area contributed by atoms with Crippen molar-refractivity contribution in [2.75, 3.05) is 5.73 Å². The number of rotatable bonds is 1. The summed E-state index contributed by atoms with van der Waals surface area (Å²) in [5.74, 6) is 0.613. The van der Waals surface area contributed by atoms with E-state index in [1.54, 1.807) is 24.4 Å². The number of nitrogens with two attached hydrogens (primary N) is 1. The van der Waals surface area contributed by atoms with Gasteiger partial charge in [-0.1, -0.05) is 18.2 Å². The van der Waals surface area contributed by atoms with Crippen LogP contribution in [0.25, 0.3) is 10.9 Å². The first kappa shape index (κ1) is 12.0. The Balaban J connectivity index is 1.69. The maximum atomic E-state index is 12.6. The van der Waals surface area contributed by atoms with Gasteiger partial charge in [-0.2, -0.15) is 9.78 Å². The molecule has 1 aliphatic heterocycles. The predicted molar refractivity (Wildman–Crippen MR) is 79.3 cm³/mol. The molecule has 1 unspecified atom stereocenters. The van der Waals surface area contributed by atoms with E-state index in [0.29, 0.717) is 12.1 Å². The van der Waals surface area contributed by atoms with E-state index in [1.165, 1.54) is 4.68 Å². The van der Waals surface area contributed by atoms with E-state index in [9.17, 15) is 4.79 Å². The largest absolute Gasteiger partial charge is 0.480 e. The second-order valence-electron chi connectivity index (χ2n) is 5.13. The average molecular weight is 279 g/mol. The molecule has 0 aliphatic carbocycles. The summed E-state index contributed by atoms with van der Waals surface area (Å²) in [4.78, 5) is 12.6. The summed E-state index contributed by atoms with van der Waals surface area (Å²) in [7, 11) is 0. The SMILES string of the molecule is Nc1ccc2c(cnn2C(=O)C2Cc3ccccc3O2)c1. The number of nitrogens with zero attached hydrogens (tertiary/aromatic N) is 2. The van der Waals surface area contributed by atoms with E-state index in [-0.39, 0.29) is 5.91 Å². The third-order valence-corrected chi connectivity index (χ3v) is 3.72. The quantitative estimate of drug-likeness (QED) is 0.694. The van der Waals surface area contributed by atoms with Crippen molar-refractivity contribution in [3.8, 4) is 5.75 Å². The van der Waals surface area contributed by atoms with E-state index >= 15 is 0 Å². The Labute approximate surface area is 120 Å². The highest BCUT2D eigenvalue weighted by Crippen LogP contribution is 2.29. The molecule has 1 aromatic heterocycles. The Morgan fingerprint density at radius 1 is 1.29 bits per heavy atom. The Kier molecular flexibility index (Phi) is 2.47. The molecule has 0 fully saturated rings. The van der Waals surface area contributed by atoms with Crippen LogP contribution in [-0.4, -0.2) is 21.8 Å². The lowest BCUT2D eigenvalue weighted by Gasteiger charge is -2.10. The molecule has 5 heteroatoms. The van der Waals surface area contributed by atoms with Crippen LogP contribution in [0, 0.1) is 0 Å². The minimum absolute atomic E-state index is 0.161. The Morgan fingerprint density at radius 2 is 2.14 bits per heavy atom. The number of benzene rings is 2. The highest BCUT2D eigenvalue weighted by atomic mass is 16.5. The molecule has 104 valence electrons. The summed E-state index contributed by atoms with van der Waals surface area (Å²) in [6, 6.07) is 13.1. The molecule has 21 heavy (non-hydrogen) atoms. The second kappa shape index (κ2) is 4.34. The molecule has 3 aromatic rings. The Morgan fingerprint density at radius 3 is 3.00 bits per heavy atom. The van der Waals surface area contributed by atoms with Gasteiger partial charge in [0.2, 0.25) is 0 Å². The van der Waals surface area contributed by atoms with Crippen molar-refractivity contribution in [1.29, 1.82) is 0 Å². The van der Waals surface area contributed by atoms with E-state index in [2.05, 4.69) is 5.10 Å². The maximum absolute atomic E-state index is 12.6. The van der Waals surface area contributed by atoms with Gasteiger partial charge < -0.3 is 10.5 Å². The number of anilines is 1. The first-order valence-electron chi connectivity index (χ1n) is 6.74. The zero-order valence-electron chi connectivity index (χ0n) is 11.2. The van der Waals surface area contributed by atoms with Crippen LogP contribution >= 0.6 is 0 Å². The van der Waals surface area contributed by atoms with Gasteiger partial charge >= 0.3 is 0 Å². The summed E-state index contributed by atoms with van der Waals surface area (Å²) in [5.41, 5.74) is 8.19. The molecule has 1 aliphatic rings. The molecule has 2 N–H and O–H groups in total. The number of carbonyl (C=O) groups excluding carboxylic acids is 1. The monoisotopic (exact) mass is 279 g/mol. The van der Waals surface area contributed by atoms with Crippen molar-refractivity contribution in [2.24, 2.45) is 0 Å². The first-order chi connectivity index (χ1) is 10.2. The van der Waals surface area contributed by atoms with E-state index < -0.39 is 6.10 Å². The maximum Gasteiger partial charge on any atom is 0.288 e. The van der Waals surface area contributed by atoms with Crippen molar-refractivity contribution >= 4 is 22.5 Å². The van der Waals surface area contributed by atoms with E-state index in [4.69, 9.17) is 10.5 Å². The third kappa shape index (κ3) is 1.86. The minimum atomic E-state index is -0.525. The molecule has 2 aromatic carbocycles. The van der Waals surface area contributed by atoms with Crippen LogP contribution in [0.1, 0.15) is 10.4 Å². The van der Waals surface area contributed by atoms with Crippen molar-refractivity contribution in [2.45, 2.75) is 12.5 Å². The van der Waals surface area contributed by atoms with Gasteiger partial charge in [-0.15, -0.1) is 0 Å². The summed E-state index contributed by atoms with van der Waals surface area (Å²) < 4.78 is 7.12. The van der Waals surface area contributed by atoms with Crippen LogP contribution in [0.4, 0.5) is 5.69 Å². The summed E-state index contributed by atoms with van der Waals surface area (Å²) in [6.07, 6.45) is 1.69. The second-order valence-corrected chi connectivity index (χ2v) is 5.13. The first-order valence-corrected chi connectivity index (χ1v) is 6.74. The number of para-hydroxylation sites is 1. The number of hydrogen-bond acceptors (Lipinski definition) is 4. The number of aromatic nitrogens is 2. The predicted octanol–water partition coefficient (Wildman–Crippen LogP) is 2.26. The summed E-state index contributed by atoms with van der Waals surface area (Å²) in [6.45, 7) is 0. The van der Waals surface area contributed by atoms with E-state index in [0.717, 1.165) is 22.2 Å². The summed E-state index contributed by atoms with van der Waals surface area (Å²) >= 11 is 0. The van der Waals surface area contributed by atoms with Crippen LogP contribution < -0.4 is 10.5 Å². The van der Waals surface area contributed by atoms with Crippen molar-refractivity contribution in [3.63, 3.8) is 0 Å². The Bertz CT molecular complexity index is 829. The molecule has 4 rings (SSSR count). The number of hydrogen-bond donors (Lipinski definition) is 1. The molecule has 0 radical (unpaired) electrons. The Hall–Kier alpha value is -2.82. The average Bonchev–Trinajstić information content (AvgIpc) is 3.09. The highest BCUT2D eigenvalue weighted by Gasteiger charge is 2.30. The molecule has 1 atom stereocenters. The van der Waals surface area contributed by atoms with Gasteiger partial charge in [0.25, 0.3) is 5.91 Å². The fraction of sp³-hybridized carbons (Fsp3) is 0.125. The molecule has 0 bridgehead atoms. The van der Waals surface area contributed by atoms with Gasteiger partial charge in [0, 0.05) is 17.5 Å².